The van der Waals surface area contributed by atoms with Gasteiger partial charge < -0.3 is 10.2 Å². The SMILES string of the molecule is CCNC(=NCc1ccc(C)s1)N1CCC(C)CC1. The van der Waals surface area contributed by atoms with Crippen LogP contribution in [-0.2, 0) is 6.54 Å². The van der Waals surface area contributed by atoms with E-state index in [1.165, 1.54) is 22.6 Å². The molecule has 0 atom stereocenters. The number of nitrogens with zero attached hydrogens (tertiary/aromatic N) is 2. The van der Waals surface area contributed by atoms with Crippen molar-refractivity contribution >= 4 is 17.3 Å². The maximum absolute atomic E-state index is 4.79. The molecule has 2 rings (SSSR count). The smallest absolute Gasteiger partial charge is 0.194 e. The minimum Gasteiger partial charge on any atom is -0.357 e. The molecule has 106 valence electrons. The Bertz CT molecular complexity index is 417. The molecule has 0 aliphatic carbocycles. The first kappa shape index (κ1) is 14.4. The van der Waals surface area contributed by atoms with Gasteiger partial charge in [-0.1, -0.05) is 6.92 Å². The molecule has 0 aromatic carbocycles. The van der Waals surface area contributed by atoms with E-state index in [4.69, 9.17) is 4.99 Å². The van der Waals surface area contributed by atoms with Crippen LogP contribution in [0.4, 0.5) is 0 Å². The molecule has 1 saturated heterocycles. The number of piperidine rings is 1. The molecule has 1 N–H and O–H groups in total. The molecule has 1 aliphatic rings. The molecular formula is C15H25N3S. The average Bonchev–Trinajstić information content (AvgIpc) is 2.81. The second kappa shape index (κ2) is 6.94. The molecular weight excluding hydrogens is 254 g/mol. The summed E-state index contributed by atoms with van der Waals surface area (Å²) in [6, 6.07) is 4.36. The quantitative estimate of drug-likeness (QED) is 0.679. The molecule has 2 heterocycles. The standard InChI is InChI=1S/C15H25N3S/c1-4-16-15(18-9-7-12(2)8-10-18)17-11-14-6-5-13(3)19-14/h5-6,12H,4,7-11H2,1-3H3,(H,16,17). The van der Waals surface area contributed by atoms with Crippen molar-refractivity contribution in [1.82, 2.24) is 10.2 Å². The maximum atomic E-state index is 4.79. The van der Waals surface area contributed by atoms with Crippen LogP contribution in [0.3, 0.4) is 0 Å². The highest BCUT2D eigenvalue weighted by Crippen LogP contribution is 2.18. The number of guanidine groups is 1. The van der Waals surface area contributed by atoms with Crippen molar-refractivity contribution in [2.75, 3.05) is 19.6 Å². The van der Waals surface area contributed by atoms with Gasteiger partial charge in [-0.15, -0.1) is 11.3 Å². The Labute approximate surface area is 120 Å². The number of nitrogens with one attached hydrogen (secondary N) is 1. The molecule has 0 spiro atoms. The summed E-state index contributed by atoms with van der Waals surface area (Å²) < 4.78 is 0. The second-order valence-corrected chi connectivity index (χ2v) is 6.72. The highest BCUT2D eigenvalue weighted by atomic mass is 32.1. The highest BCUT2D eigenvalue weighted by Gasteiger charge is 2.18. The predicted octanol–water partition coefficient (Wildman–Crippen LogP) is 3.25. The second-order valence-electron chi connectivity index (χ2n) is 5.35. The number of hydrogen-bond donors (Lipinski definition) is 1. The van der Waals surface area contributed by atoms with Crippen molar-refractivity contribution in [1.29, 1.82) is 0 Å². The minimum atomic E-state index is 0.799. The van der Waals surface area contributed by atoms with Crippen molar-refractivity contribution in [3.05, 3.63) is 21.9 Å². The first-order valence-corrected chi connectivity index (χ1v) is 8.09. The number of hydrogen-bond acceptors (Lipinski definition) is 2. The Morgan fingerprint density at radius 3 is 2.74 bits per heavy atom. The Morgan fingerprint density at radius 2 is 2.16 bits per heavy atom. The highest BCUT2D eigenvalue weighted by molar-refractivity contribution is 7.11. The van der Waals surface area contributed by atoms with Crippen LogP contribution in [-0.4, -0.2) is 30.5 Å². The maximum Gasteiger partial charge on any atom is 0.194 e. The van der Waals surface area contributed by atoms with Crippen molar-refractivity contribution < 1.29 is 0 Å². The van der Waals surface area contributed by atoms with E-state index in [2.05, 4.69) is 43.1 Å². The molecule has 1 aliphatic heterocycles. The Hall–Kier alpha value is -1.03. The third kappa shape index (κ3) is 4.23. The number of aryl methyl sites for hydroxylation is 1. The van der Waals surface area contributed by atoms with Gasteiger partial charge in [-0.05, 0) is 44.7 Å². The fourth-order valence-electron chi connectivity index (χ4n) is 2.37. The molecule has 0 saturated carbocycles. The average molecular weight is 279 g/mol. The summed E-state index contributed by atoms with van der Waals surface area (Å²) in [7, 11) is 0. The summed E-state index contributed by atoms with van der Waals surface area (Å²) in [5.74, 6) is 1.94. The lowest BCUT2D eigenvalue weighted by Gasteiger charge is -2.32. The van der Waals surface area contributed by atoms with Gasteiger partial charge in [-0.3, -0.25) is 0 Å². The zero-order chi connectivity index (χ0) is 13.7. The van der Waals surface area contributed by atoms with Crippen LogP contribution < -0.4 is 5.32 Å². The lowest BCUT2D eigenvalue weighted by atomic mass is 10.00. The van der Waals surface area contributed by atoms with Crippen LogP contribution in [0.2, 0.25) is 0 Å². The van der Waals surface area contributed by atoms with Crippen LogP contribution in [0.5, 0.6) is 0 Å². The summed E-state index contributed by atoms with van der Waals surface area (Å²) in [6.45, 7) is 10.6. The lowest BCUT2D eigenvalue weighted by Crippen LogP contribution is -2.45. The van der Waals surface area contributed by atoms with E-state index in [-0.39, 0.29) is 0 Å². The van der Waals surface area contributed by atoms with Gasteiger partial charge in [0.05, 0.1) is 6.54 Å². The van der Waals surface area contributed by atoms with Crippen LogP contribution in [0.15, 0.2) is 17.1 Å². The molecule has 1 aromatic rings. The lowest BCUT2D eigenvalue weighted by molar-refractivity contribution is 0.273. The third-order valence-corrected chi connectivity index (χ3v) is 4.58. The molecule has 4 heteroatoms. The summed E-state index contributed by atoms with van der Waals surface area (Å²) in [4.78, 5) is 9.90. The van der Waals surface area contributed by atoms with Gasteiger partial charge in [0, 0.05) is 29.4 Å². The van der Waals surface area contributed by atoms with Crippen molar-refractivity contribution in [3.63, 3.8) is 0 Å². The van der Waals surface area contributed by atoms with E-state index in [0.717, 1.165) is 38.1 Å². The Kier molecular flexibility index (Phi) is 5.25. The van der Waals surface area contributed by atoms with E-state index < -0.39 is 0 Å². The number of aliphatic imine (C=N–C) groups is 1. The van der Waals surface area contributed by atoms with E-state index >= 15 is 0 Å². The van der Waals surface area contributed by atoms with Gasteiger partial charge in [0.2, 0.25) is 0 Å². The topological polar surface area (TPSA) is 27.6 Å². The van der Waals surface area contributed by atoms with Gasteiger partial charge in [-0.2, -0.15) is 0 Å². The largest absolute Gasteiger partial charge is 0.357 e. The summed E-state index contributed by atoms with van der Waals surface area (Å²) in [5.41, 5.74) is 0. The molecule has 19 heavy (non-hydrogen) atoms. The Morgan fingerprint density at radius 1 is 1.42 bits per heavy atom. The first-order valence-electron chi connectivity index (χ1n) is 7.27. The zero-order valence-electron chi connectivity index (χ0n) is 12.3. The molecule has 1 aromatic heterocycles. The molecule has 0 unspecified atom stereocenters. The van der Waals surface area contributed by atoms with Gasteiger partial charge in [-0.25, -0.2) is 4.99 Å². The number of likely N-dealkylation sites (tertiary alicyclic amines) is 1. The third-order valence-electron chi connectivity index (χ3n) is 3.60. The predicted molar refractivity (Wildman–Crippen MR) is 83.8 cm³/mol. The minimum absolute atomic E-state index is 0.799. The van der Waals surface area contributed by atoms with Crippen molar-refractivity contribution in [2.24, 2.45) is 10.9 Å². The number of rotatable bonds is 3. The van der Waals surface area contributed by atoms with Gasteiger partial charge in [0.25, 0.3) is 0 Å². The van der Waals surface area contributed by atoms with Crippen LogP contribution in [0, 0.1) is 12.8 Å². The van der Waals surface area contributed by atoms with Crippen LogP contribution in [0.25, 0.3) is 0 Å². The van der Waals surface area contributed by atoms with E-state index in [1.807, 2.05) is 11.3 Å². The first-order chi connectivity index (χ1) is 9.19. The fourth-order valence-corrected chi connectivity index (χ4v) is 3.18. The van der Waals surface area contributed by atoms with Gasteiger partial charge in [0.1, 0.15) is 0 Å². The summed E-state index contributed by atoms with van der Waals surface area (Å²) in [6.07, 6.45) is 2.56. The van der Waals surface area contributed by atoms with Gasteiger partial charge >= 0.3 is 0 Å². The van der Waals surface area contributed by atoms with E-state index in [1.54, 1.807) is 0 Å². The normalized spacial score (nSPS) is 17.8. The van der Waals surface area contributed by atoms with Crippen molar-refractivity contribution in [2.45, 2.75) is 40.2 Å². The van der Waals surface area contributed by atoms with Crippen LogP contribution in [0.1, 0.15) is 36.4 Å². The molecule has 3 nitrogen and oxygen atoms in total. The van der Waals surface area contributed by atoms with E-state index in [9.17, 15) is 0 Å². The molecule has 0 amide bonds. The molecule has 0 radical (unpaired) electrons. The van der Waals surface area contributed by atoms with E-state index in [0.29, 0.717) is 0 Å². The molecule has 1 fully saturated rings. The van der Waals surface area contributed by atoms with Crippen LogP contribution >= 0.6 is 11.3 Å². The monoisotopic (exact) mass is 279 g/mol. The van der Waals surface area contributed by atoms with Crippen molar-refractivity contribution in [3.8, 4) is 0 Å². The zero-order valence-corrected chi connectivity index (χ0v) is 13.1. The van der Waals surface area contributed by atoms with Gasteiger partial charge in [0.15, 0.2) is 5.96 Å². The summed E-state index contributed by atoms with van der Waals surface area (Å²) >= 11 is 1.84. The number of thiophene rings is 1. The Balaban J connectivity index is 1.98. The molecule has 0 bridgehead atoms. The summed E-state index contributed by atoms with van der Waals surface area (Å²) in [5, 5.41) is 3.42. The fraction of sp³-hybridized carbons (Fsp3) is 0.667.